The number of para-hydroxylation sites is 1. The van der Waals surface area contributed by atoms with Gasteiger partial charge >= 0.3 is 0 Å². The fourth-order valence-corrected chi connectivity index (χ4v) is 2.50. The minimum Gasteiger partial charge on any atom is -0.344 e. The van der Waals surface area contributed by atoms with E-state index in [1.54, 1.807) is 6.08 Å². The van der Waals surface area contributed by atoms with Gasteiger partial charge in [-0.05, 0) is 23.8 Å². The molecule has 0 N–H and O–H groups in total. The summed E-state index contributed by atoms with van der Waals surface area (Å²) in [6.07, 6.45) is 5.67. The summed E-state index contributed by atoms with van der Waals surface area (Å²) in [6.45, 7) is 0. The van der Waals surface area contributed by atoms with Crippen LogP contribution in [0, 0.1) is 22.7 Å². The van der Waals surface area contributed by atoms with Gasteiger partial charge in [-0.2, -0.15) is 10.5 Å². The quantitative estimate of drug-likeness (QED) is 0.805. The first-order valence-corrected chi connectivity index (χ1v) is 7.12. The summed E-state index contributed by atoms with van der Waals surface area (Å²) in [5, 5.41) is 18.1. The van der Waals surface area contributed by atoms with Crippen LogP contribution in [0.25, 0.3) is 12.2 Å². The first-order valence-electron chi connectivity index (χ1n) is 6.74. The molecule has 5 nitrogen and oxygen atoms in total. The number of hydrogen-bond donors (Lipinski definition) is 0. The Morgan fingerprint density at radius 3 is 2.52 bits per heavy atom. The summed E-state index contributed by atoms with van der Waals surface area (Å²) in [5.74, 6) is 0. The molecule has 6 heteroatoms. The number of halogens is 1. The van der Waals surface area contributed by atoms with Crippen molar-refractivity contribution in [3.05, 3.63) is 63.8 Å². The average molecular weight is 320 g/mol. The molecule has 110 valence electrons. The van der Waals surface area contributed by atoms with Crippen LogP contribution in [0.3, 0.4) is 0 Å². The van der Waals surface area contributed by atoms with Crippen LogP contribution in [0.1, 0.15) is 22.6 Å². The molecule has 1 aliphatic heterocycles. The highest BCUT2D eigenvalue weighted by atomic mass is 35.5. The Morgan fingerprint density at radius 1 is 1.09 bits per heavy atom. The maximum atomic E-state index is 9.06. The Balaban J connectivity index is 2.08. The molecule has 2 aromatic rings. The number of aromatic nitrogens is 2. The first kappa shape index (κ1) is 14.8. The lowest BCUT2D eigenvalue weighted by atomic mass is 10.1. The van der Waals surface area contributed by atoms with E-state index >= 15 is 0 Å². The molecule has 0 radical (unpaired) electrons. The zero-order chi connectivity index (χ0) is 16.4. The van der Waals surface area contributed by atoms with Gasteiger partial charge in [-0.25, -0.2) is 9.97 Å². The predicted molar refractivity (Wildman–Crippen MR) is 88.3 cm³/mol. The van der Waals surface area contributed by atoms with E-state index in [0.29, 0.717) is 5.69 Å². The van der Waals surface area contributed by atoms with Gasteiger partial charge in [0.1, 0.15) is 17.8 Å². The van der Waals surface area contributed by atoms with Gasteiger partial charge in [0.05, 0.1) is 0 Å². The molecule has 0 spiro atoms. The Morgan fingerprint density at radius 2 is 1.78 bits per heavy atom. The number of allylic oxidation sites excluding steroid dienone is 1. The summed E-state index contributed by atoms with van der Waals surface area (Å²) in [4.78, 5) is 10.1. The Bertz CT molecular complexity index is 931. The molecule has 0 unspecified atom stereocenters. The van der Waals surface area contributed by atoms with Gasteiger partial charge in [0.15, 0.2) is 16.5 Å². The number of anilines is 1. The molecule has 1 aromatic carbocycles. The van der Waals surface area contributed by atoms with Crippen molar-refractivity contribution >= 4 is 29.4 Å². The highest BCUT2D eigenvalue weighted by molar-refractivity contribution is 6.30. The lowest BCUT2D eigenvalue weighted by Gasteiger charge is -2.26. The van der Waals surface area contributed by atoms with Gasteiger partial charge in [-0.1, -0.05) is 35.9 Å². The zero-order valence-electron chi connectivity index (χ0n) is 12.2. The molecule has 0 aliphatic carbocycles. The molecule has 0 atom stereocenters. The number of hydrogen-bond acceptors (Lipinski definition) is 5. The third-order valence-electron chi connectivity index (χ3n) is 3.49. The fraction of sp³-hybridized carbons (Fsp3) is 0.0588. The van der Waals surface area contributed by atoms with Crippen LogP contribution in [0.4, 0.5) is 5.69 Å². The van der Waals surface area contributed by atoms with E-state index in [9.17, 15) is 0 Å². The molecule has 2 heterocycles. The van der Waals surface area contributed by atoms with Gasteiger partial charge < -0.3 is 4.90 Å². The van der Waals surface area contributed by atoms with Crippen LogP contribution < -0.4 is 4.90 Å². The highest BCUT2D eigenvalue weighted by Crippen LogP contribution is 2.30. The number of benzene rings is 1. The molecule has 0 amide bonds. The molecule has 1 aliphatic rings. The van der Waals surface area contributed by atoms with Gasteiger partial charge in [-0.3, -0.25) is 0 Å². The van der Waals surface area contributed by atoms with Crippen LogP contribution >= 0.6 is 11.6 Å². The highest BCUT2D eigenvalue weighted by Gasteiger charge is 2.15. The Labute approximate surface area is 138 Å². The van der Waals surface area contributed by atoms with Crippen LogP contribution in [-0.4, -0.2) is 17.0 Å². The lowest BCUT2D eigenvalue weighted by Crippen LogP contribution is -2.18. The molecule has 0 fully saturated rings. The van der Waals surface area contributed by atoms with Crippen molar-refractivity contribution in [1.82, 2.24) is 9.97 Å². The van der Waals surface area contributed by atoms with E-state index < -0.39 is 0 Å². The summed E-state index contributed by atoms with van der Waals surface area (Å²) in [7, 11) is 1.93. The van der Waals surface area contributed by atoms with Crippen LogP contribution in [0.15, 0.2) is 36.0 Å². The second-order valence-electron chi connectivity index (χ2n) is 4.84. The molecule has 0 saturated heterocycles. The summed E-state index contributed by atoms with van der Waals surface area (Å²) < 4.78 is 0. The number of rotatable bonds is 1. The fourth-order valence-electron chi connectivity index (χ4n) is 2.32. The van der Waals surface area contributed by atoms with Crippen molar-refractivity contribution in [2.24, 2.45) is 0 Å². The predicted octanol–water partition coefficient (Wildman–Crippen LogP) is 3.38. The Kier molecular flexibility index (Phi) is 3.80. The van der Waals surface area contributed by atoms with Crippen molar-refractivity contribution in [1.29, 1.82) is 10.5 Å². The van der Waals surface area contributed by atoms with Crippen molar-refractivity contribution in [3.63, 3.8) is 0 Å². The second kappa shape index (κ2) is 5.92. The number of fused-ring (bicyclic) bond motifs is 1. The molecule has 23 heavy (non-hydrogen) atoms. The van der Waals surface area contributed by atoms with E-state index in [1.807, 2.05) is 60.5 Å². The second-order valence-corrected chi connectivity index (χ2v) is 5.20. The minimum absolute atomic E-state index is 0.0356. The maximum absolute atomic E-state index is 9.06. The topological polar surface area (TPSA) is 76.6 Å². The van der Waals surface area contributed by atoms with Crippen LogP contribution in [0.5, 0.6) is 0 Å². The monoisotopic (exact) mass is 319 g/mol. The van der Waals surface area contributed by atoms with Crippen LogP contribution in [-0.2, 0) is 0 Å². The summed E-state index contributed by atoms with van der Waals surface area (Å²) in [5.41, 5.74) is 3.27. The van der Waals surface area contributed by atoms with Crippen molar-refractivity contribution in [3.8, 4) is 12.1 Å². The molecule has 3 rings (SSSR count). The SMILES string of the molecule is CN1/C(=C/c2nc(C#N)c(C#N)nc2Cl)C=Cc2ccccc21. The lowest BCUT2D eigenvalue weighted by molar-refractivity contribution is 1.10. The number of nitriles is 2. The molecule has 0 bridgehead atoms. The molecule has 0 saturated carbocycles. The van der Waals surface area contributed by atoms with E-state index in [1.165, 1.54) is 0 Å². The minimum atomic E-state index is -0.0717. The maximum Gasteiger partial charge on any atom is 0.178 e. The van der Waals surface area contributed by atoms with E-state index in [0.717, 1.165) is 16.9 Å². The van der Waals surface area contributed by atoms with Crippen LogP contribution in [0.2, 0.25) is 5.15 Å². The largest absolute Gasteiger partial charge is 0.344 e. The van der Waals surface area contributed by atoms with Gasteiger partial charge in [-0.15, -0.1) is 0 Å². The average Bonchev–Trinajstić information content (AvgIpc) is 2.58. The zero-order valence-corrected chi connectivity index (χ0v) is 12.9. The number of likely N-dealkylation sites (N-methyl/N-ethyl adjacent to an activating group) is 1. The summed E-state index contributed by atoms with van der Waals surface area (Å²) >= 11 is 6.08. The third-order valence-corrected chi connectivity index (χ3v) is 3.77. The van der Waals surface area contributed by atoms with Crippen molar-refractivity contribution in [2.45, 2.75) is 0 Å². The van der Waals surface area contributed by atoms with Crippen molar-refractivity contribution < 1.29 is 0 Å². The third kappa shape index (κ3) is 2.66. The molecular formula is C17H10ClN5. The van der Waals surface area contributed by atoms with Crippen molar-refractivity contribution in [2.75, 3.05) is 11.9 Å². The molecule has 1 aromatic heterocycles. The molecular weight excluding hydrogens is 310 g/mol. The smallest absolute Gasteiger partial charge is 0.178 e. The normalized spacial score (nSPS) is 14.3. The Hall–Kier alpha value is -3.15. The van der Waals surface area contributed by atoms with Gasteiger partial charge in [0.25, 0.3) is 0 Å². The number of nitrogens with zero attached hydrogens (tertiary/aromatic N) is 5. The van der Waals surface area contributed by atoms with Gasteiger partial charge in [0, 0.05) is 18.4 Å². The van der Waals surface area contributed by atoms with Gasteiger partial charge in [0.2, 0.25) is 0 Å². The van der Waals surface area contributed by atoms with E-state index in [4.69, 9.17) is 22.1 Å². The van der Waals surface area contributed by atoms with E-state index in [2.05, 4.69) is 9.97 Å². The standard InChI is InChI=1S/C17H10ClN5/c1-23-12(7-6-11-4-2-3-5-16(11)23)8-13-17(18)22-15(10-20)14(9-19)21-13/h2-8H,1H3/b12-8+. The summed E-state index contributed by atoms with van der Waals surface area (Å²) in [6, 6.07) is 11.7. The van der Waals surface area contributed by atoms with E-state index in [-0.39, 0.29) is 16.5 Å². The first-order chi connectivity index (χ1) is 11.1.